The number of sulfone groups is 1. The van der Waals surface area contributed by atoms with Gasteiger partial charge in [0.25, 0.3) is 5.91 Å². The Labute approximate surface area is 172 Å². The Morgan fingerprint density at radius 2 is 1.55 bits per heavy atom. The van der Waals surface area contributed by atoms with Crippen LogP contribution in [0.2, 0.25) is 0 Å². The monoisotopic (exact) mass is 438 g/mol. The number of rotatable bonds is 7. The summed E-state index contributed by atoms with van der Waals surface area (Å²) in [5.74, 6) is -0.399. The zero-order valence-electron chi connectivity index (χ0n) is 17.1. The number of hydrogen-bond acceptors (Lipinski definition) is 5. The van der Waals surface area contributed by atoms with Crippen LogP contribution in [0.25, 0.3) is 0 Å². The molecule has 9 heteroatoms. The lowest BCUT2D eigenvalue weighted by atomic mass is 10.1. The van der Waals surface area contributed by atoms with Crippen molar-refractivity contribution in [3.8, 4) is 0 Å². The Morgan fingerprint density at radius 1 is 1.00 bits per heavy atom. The maximum atomic E-state index is 12.5. The molecule has 0 radical (unpaired) electrons. The van der Waals surface area contributed by atoms with Crippen LogP contribution < -0.4 is 5.32 Å². The molecule has 0 saturated carbocycles. The molecule has 1 amide bonds. The molecule has 0 bridgehead atoms. The van der Waals surface area contributed by atoms with Crippen LogP contribution in [0.3, 0.4) is 0 Å². The lowest BCUT2D eigenvalue weighted by Gasteiger charge is -2.21. The smallest absolute Gasteiger partial charge is 0.251 e. The number of nitrogens with one attached hydrogen (secondary N) is 1. The van der Waals surface area contributed by atoms with Crippen molar-refractivity contribution in [2.45, 2.75) is 43.1 Å². The molecule has 29 heavy (non-hydrogen) atoms. The van der Waals surface area contributed by atoms with Gasteiger partial charge in [-0.1, -0.05) is 18.2 Å². The molecule has 0 heterocycles. The summed E-state index contributed by atoms with van der Waals surface area (Å²) in [6, 6.07) is 10.5. The predicted molar refractivity (Wildman–Crippen MR) is 112 cm³/mol. The molecule has 0 aliphatic carbocycles. The maximum Gasteiger partial charge on any atom is 0.251 e. The fraction of sp³-hybridized carbons (Fsp3) is 0.350. The molecule has 158 valence electrons. The summed E-state index contributed by atoms with van der Waals surface area (Å²) in [7, 11) is -5.45. The lowest BCUT2D eigenvalue weighted by molar-refractivity contribution is 0.0950. The summed E-state index contributed by atoms with van der Waals surface area (Å²) >= 11 is 0. The average molecular weight is 439 g/mol. The van der Waals surface area contributed by atoms with E-state index in [0.717, 1.165) is 11.8 Å². The lowest BCUT2D eigenvalue weighted by Crippen LogP contribution is -2.33. The van der Waals surface area contributed by atoms with Crippen molar-refractivity contribution in [1.29, 1.82) is 0 Å². The van der Waals surface area contributed by atoms with Gasteiger partial charge in [-0.15, -0.1) is 0 Å². The van der Waals surface area contributed by atoms with Gasteiger partial charge in [0, 0.05) is 31.5 Å². The summed E-state index contributed by atoms with van der Waals surface area (Å²) in [5, 5.41) is 2.74. The van der Waals surface area contributed by atoms with Gasteiger partial charge >= 0.3 is 0 Å². The molecule has 0 fully saturated rings. The van der Waals surface area contributed by atoms with Crippen LogP contribution in [0.1, 0.15) is 35.3 Å². The van der Waals surface area contributed by atoms with Crippen LogP contribution in [0.15, 0.2) is 52.3 Å². The number of nitrogens with zero attached hydrogens (tertiary/aromatic N) is 1. The van der Waals surface area contributed by atoms with Crippen molar-refractivity contribution in [2.24, 2.45) is 0 Å². The number of carbonyl (C=O) groups is 1. The topological polar surface area (TPSA) is 101 Å². The molecule has 2 aromatic carbocycles. The van der Waals surface area contributed by atoms with Crippen LogP contribution in [0, 0.1) is 6.92 Å². The molecule has 0 saturated heterocycles. The Hall–Kier alpha value is -2.23. The van der Waals surface area contributed by atoms with Gasteiger partial charge < -0.3 is 5.32 Å². The van der Waals surface area contributed by atoms with Gasteiger partial charge in [-0.2, -0.15) is 4.31 Å². The number of sulfonamides is 1. The first-order chi connectivity index (χ1) is 13.3. The molecular formula is C20H26N2O5S2. The summed E-state index contributed by atoms with van der Waals surface area (Å²) in [5.41, 5.74) is 1.67. The highest BCUT2D eigenvalue weighted by atomic mass is 32.2. The van der Waals surface area contributed by atoms with E-state index in [1.165, 1.54) is 35.6 Å². The van der Waals surface area contributed by atoms with Gasteiger partial charge in [0.1, 0.15) is 0 Å². The van der Waals surface area contributed by atoms with Gasteiger partial charge in [-0.25, -0.2) is 16.8 Å². The summed E-state index contributed by atoms with van der Waals surface area (Å²) < 4.78 is 49.7. The van der Waals surface area contributed by atoms with E-state index < -0.39 is 25.8 Å². The Kier molecular flexibility index (Phi) is 6.87. The molecule has 7 nitrogen and oxygen atoms in total. The zero-order chi connectivity index (χ0) is 22.0. The van der Waals surface area contributed by atoms with Crippen LogP contribution in [-0.4, -0.2) is 46.4 Å². The minimum Gasteiger partial charge on any atom is -0.348 e. The summed E-state index contributed by atoms with van der Waals surface area (Å²) in [4.78, 5) is 12.8. The number of amides is 1. The minimum absolute atomic E-state index is 0.0806. The first kappa shape index (κ1) is 23.1. The van der Waals surface area contributed by atoms with E-state index in [4.69, 9.17) is 0 Å². The van der Waals surface area contributed by atoms with E-state index >= 15 is 0 Å². The summed E-state index contributed by atoms with van der Waals surface area (Å²) in [6.07, 6.45) is 1.09. The molecule has 0 unspecified atom stereocenters. The van der Waals surface area contributed by atoms with Crippen LogP contribution in [-0.2, 0) is 26.4 Å². The minimum atomic E-state index is -3.56. The molecule has 0 aliphatic heterocycles. The van der Waals surface area contributed by atoms with E-state index in [9.17, 15) is 21.6 Å². The van der Waals surface area contributed by atoms with Crippen molar-refractivity contribution in [3.63, 3.8) is 0 Å². The summed E-state index contributed by atoms with van der Waals surface area (Å²) in [6.45, 7) is 5.50. The van der Waals surface area contributed by atoms with Gasteiger partial charge in [0.2, 0.25) is 10.0 Å². The van der Waals surface area contributed by atoms with E-state index in [1.807, 2.05) is 0 Å². The van der Waals surface area contributed by atoms with E-state index in [1.54, 1.807) is 39.0 Å². The normalized spacial score (nSPS) is 12.4. The molecule has 0 spiro atoms. The molecule has 0 aliphatic rings. The fourth-order valence-corrected chi connectivity index (χ4v) is 4.59. The van der Waals surface area contributed by atoms with Crippen molar-refractivity contribution in [1.82, 2.24) is 9.62 Å². The highest BCUT2D eigenvalue weighted by molar-refractivity contribution is 7.90. The molecule has 2 rings (SSSR count). The largest absolute Gasteiger partial charge is 0.348 e. The van der Waals surface area contributed by atoms with Crippen LogP contribution in [0.5, 0.6) is 0 Å². The fourth-order valence-electron chi connectivity index (χ4n) is 2.58. The number of carbonyl (C=O) groups excluding carboxylic acids is 1. The standard InChI is InChI=1S/C20H26N2O5S2/c1-14(2)22(4)29(26,27)17-10-7-16(8-11-17)13-21-20(23)19-12-18(28(5,24)25)9-6-15(19)3/h6-12,14H,13H2,1-5H3,(H,21,23). The quantitative estimate of drug-likeness (QED) is 0.715. The van der Waals surface area contributed by atoms with E-state index in [0.29, 0.717) is 5.56 Å². The molecule has 0 aromatic heterocycles. The molecular weight excluding hydrogens is 412 g/mol. The average Bonchev–Trinajstić information content (AvgIpc) is 2.65. The van der Waals surface area contributed by atoms with Crippen molar-refractivity contribution in [2.75, 3.05) is 13.3 Å². The zero-order valence-corrected chi connectivity index (χ0v) is 18.8. The van der Waals surface area contributed by atoms with Crippen molar-refractivity contribution in [3.05, 3.63) is 59.2 Å². The molecule has 2 aromatic rings. The number of aryl methyl sites for hydroxylation is 1. The van der Waals surface area contributed by atoms with Crippen molar-refractivity contribution >= 4 is 25.8 Å². The van der Waals surface area contributed by atoms with E-state index in [2.05, 4.69) is 5.32 Å². The van der Waals surface area contributed by atoms with Gasteiger partial charge in [0.15, 0.2) is 9.84 Å². The number of hydrogen-bond donors (Lipinski definition) is 1. The maximum absolute atomic E-state index is 12.5. The third kappa shape index (κ3) is 5.43. The first-order valence-electron chi connectivity index (χ1n) is 9.00. The SMILES string of the molecule is Cc1ccc(S(C)(=O)=O)cc1C(=O)NCc1ccc(S(=O)(=O)N(C)C(C)C)cc1. The highest BCUT2D eigenvalue weighted by Crippen LogP contribution is 2.18. The second-order valence-corrected chi connectivity index (χ2v) is 11.2. The third-order valence-corrected chi connectivity index (χ3v) is 7.82. The highest BCUT2D eigenvalue weighted by Gasteiger charge is 2.22. The van der Waals surface area contributed by atoms with Gasteiger partial charge in [-0.05, 0) is 56.2 Å². The Bertz CT molecular complexity index is 1110. The molecule has 0 atom stereocenters. The van der Waals surface area contributed by atoms with Crippen molar-refractivity contribution < 1.29 is 21.6 Å². The van der Waals surface area contributed by atoms with Crippen LogP contribution >= 0.6 is 0 Å². The van der Waals surface area contributed by atoms with Gasteiger partial charge in [0.05, 0.1) is 9.79 Å². The second-order valence-electron chi connectivity index (χ2n) is 7.19. The third-order valence-electron chi connectivity index (χ3n) is 4.66. The first-order valence-corrected chi connectivity index (χ1v) is 12.3. The number of benzene rings is 2. The second kappa shape index (κ2) is 8.64. The van der Waals surface area contributed by atoms with Crippen LogP contribution in [0.4, 0.5) is 0 Å². The van der Waals surface area contributed by atoms with E-state index in [-0.39, 0.29) is 27.9 Å². The molecule has 1 N–H and O–H groups in total. The Balaban J connectivity index is 2.14. The van der Waals surface area contributed by atoms with Gasteiger partial charge in [-0.3, -0.25) is 4.79 Å². The predicted octanol–water partition coefficient (Wildman–Crippen LogP) is 2.36. The Morgan fingerprint density at radius 3 is 2.07 bits per heavy atom.